The van der Waals surface area contributed by atoms with Gasteiger partial charge in [-0.3, -0.25) is 0 Å². The second-order valence-electron chi connectivity index (χ2n) is 4.07. The quantitative estimate of drug-likeness (QED) is 0.812. The Morgan fingerprint density at radius 2 is 1.94 bits per heavy atom. The van der Waals surface area contributed by atoms with Gasteiger partial charge in [0, 0.05) is 5.69 Å². The molecule has 0 spiro atoms. The van der Waals surface area contributed by atoms with E-state index in [9.17, 15) is 4.79 Å². The Bertz CT molecular complexity index is 623. The Hall–Kier alpha value is -2.00. The molecule has 2 aromatic rings. The van der Waals surface area contributed by atoms with E-state index in [4.69, 9.17) is 22.4 Å². The molecule has 0 aromatic heterocycles. The van der Waals surface area contributed by atoms with E-state index in [-0.39, 0.29) is 10.6 Å². The summed E-state index contributed by atoms with van der Waals surface area (Å²) in [6.45, 7) is 1.95. The van der Waals surface area contributed by atoms with Crippen molar-refractivity contribution in [2.24, 2.45) is 0 Å². The summed E-state index contributed by atoms with van der Waals surface area (Å²) >= 11 is 5.95. The lowest BCUT2D eigenvalue weighted by Gasteiger charge is -2.08. The maximum atomic E-state index is 10.9. The minimum absolute atomic E-state index is 0.105. The molecule has 92 valence electrons. The number of halogens is 1. The average molecular weight is 262 g/mol. The molecule has 2 aromatic carbocycles. The molecule has 0 unspecified atom stereocenters. The third-order valence-electron chi connectivity index (χ3n) is 2.76. The number of benzene rings is 2. The summed E-state index contributed by atoms with van der Waals surface area (Å²) in [6.07, 6.45) is 0. The lowest BCUT2D eigenvalue weighted by atomic mass is 9.99. The number of carboxylic acids is 1. The number of hydrogen-bond donors (Lipinski definition) is 2. The van der Waals surface area contributed by atoms with Crippen LogP contribution >= 0.6 is 11.6 Å². The van der Waals surface area contributed by atoms with Crippen molar-refractivity contribution in [3.8, 4) is 11.1 Å². The van der Waals surface area contributed by atoms with Crippen molar-refractivity contribution in [3.63, 3.8) is 0 Å². The second-order valence-corrected chi connectivity index (χ2v) is 4.48. The van der Waals surface area contributed by atoms with Crippen molar-refractivity contribution in [1.29, 1.82) is 0 Å². The number of anilines is 1. The molecule has 0 heterocycles. The van der Waals surface area contributed by atoms with Gasteiger partial charge in [0.15, 0.2) is 0 Å². The van der Waals surface area contributed by atoms with Gasteiger partial charge in [0.25, 0.3) is 0 Å². The van der Waals surface area contributed by atoms with E-state index in [0.717, 1.165) is 16.7 Å². The highest BCUT2D eigenvalue weighted by Gasteiger charge is 2.10. The molecule has 3 N–H and O–H groups in total. The maximum Gasteiger partial charge on any atom is 0.337 e. The van der Waals surface area contributed by atoms with Crippen molar-refractivity contribution in [1.82, 2.24) is 0 Å². The molecule has 3 nitrogen and oxygen atoms in total. The summed E-state index contributed by atoms with van der Waals surface area (Å²) in [4.78, 5) is 10.9. The topological polar surface area (TPSA) is 63.3 Å². The largest absolute Gasteiger partial charge is 0.478 e. The Morgan fingerprint density at radius 3 is 2.50 bits per heavy atom. The second kappa shape index (κ2) is 4.70. The van der Waals surface area contributed by atoms with Gasteiger partial charge >= 0.3 is 5.97 Å². The van der Waals surface area contributed by atoms with E-state index in [1.165, 1.54) is 6.07 Å². The maximum absolute atomic E-state index is 10.9. The highest BCUT2D eigenvalue weighted by Crippen LogP contribution is 2.29. The number of nitrogen functional groups attached to an aromatic ring is 1. The molecule has 0 bridgehead atoms. The van der Waals surface area contributed by atoms with Crippen LogP contribution in [0.3, 0.4) is 0 Å². The molecule has 0 aliphatic heterocycles. The SMILES string of the molecule is Cc1cc(N)ccc1-c1ccc(C(=O)O)c(Cl)c1. The van der Waals surface area contributed by atoms with E-state index in [0.29, 0.717) is 5.69 Å². The fraction of sp³-hybridized carbons (Fsp3) is 0.0714. The zero-order chi connectivity index (χ0) is 13.3. The van der Waals surface area contributed by atoms with E-state index in [2.05, 4.69) is 0 Å². The van der Waals surface area contributed by atoms with Gasteiger partial charge in [-0.15, -0.1) is 0 Å². The highest BCUT2D eigenvalue weighted by molar-refractivity contribution is 6.33. The van der Waals surface area contributed by atoms with Gasteiger partial charge in [-0.25, -0.2) is 4.79 Å². The number of aromatic carboxylic acids is 1. The number of nitrogens with two attached hydrogens (primary N) is 1. The molecule has 4 heteroatoms. The van der Waals surface area contributed by atoms with Crippen LogP contribution in [0, 0.1) is 6.92 Å². The molecule has 0 fully saturated rings. The minimum Gasteiger partial charge on any atom is -0.478 e. The summed E-state index contributed by atoms with van der Waals surface area (Å²) in [5, 5.41) is 9.15. The van der Waals surface area contributed by atoms with Gasteiger partial charge in [-0.2, -0.15) is 0 Å². The predicted octanol–water partition coefficient (Wildman–Crippen LogP) is 3.60. The van der Waals surface area contributed by atoms with Crippen LogP contribution in [-0.4, -0.2) is 11.1 Å². The summed E-state index contributed by atoms with van der Waals surface area (Å²) in [7, 11) is 0. The number of carboxylic acid groups (broad SMARTS) is 1. The van der Waals surface area contributed by atoms with Gasteiger partial charge in [0.1, 0.15) is 0 Å². The van der Waals surface area contributed by atoms with E-state index < -0.39 is 5.97 Å². The van der Waals surface area contributed by atoms with Crippen molar-refractivity contribution in [2.75, 3.05) is 5.73 Å². The van der Waals surface area contributed by atoms with Crippen molar-refractivity contribution >= 4 is 23.3 Å². The molecule has 0 radical (unpaired) electrons. The fourth-order valence-corrected chi connectivity index (χ4v) is 2.13. The first kappa shape index (κ1) is 12.5. The van der Waals surface area contributed by atoms with E-state index >= 15 is 0 Å². The fourth-order valence-electron chi connectivity index (χ4n) is 1.87. The molecule has 18 heavy (non-hydrogen) atoms. The van der Waals surface area contributed by atoms with Gasteiger partial charge in [0.2, 0.25) is 0 Å². The number of carbonyl (C=O) groups is 1. The van der Waals surface area contributed by atoms with Crippen molar-refractivity contribution < 1.29 is 9.90 Å². The Labute approximate surface area is 110 Å². The summed E-state index contributed by atoms with van der Waals surface area (Å²) < 4.78 is 0. The Morgan fingerprint density at radius 1 is 1.22 bits per heavy atom. The van der Waals surface area contributed by atoms with Crippen molar-refractivity contribution in [3.05, 3.63) is 52.5 Å². The normalized spacial score (nSPS) is 10.3. The van der Waals surface area contributed by atoms with Crippen LogP contribution in [0.4, 0.5) is 5.69 Å². The van der Waals surface area contributed by atoms with Crippen LogP contribution < -0.4 is 5.73 Å². The van der Waals surface area contributed by atoms with Crippen LogP contribution in [0.15, 0.2) is 36.4 Å². The van der Waals surface area contributed by atoms with Gasteiger partial charge < -0.3 is 10.8 Å². The molecule has 0 amide bonds. The molecular weight excluding hydrogens is 250 g/mol. The predicted molar refractivity (Wildman–Crippen MR) is 73.0 cm³/mol. The third-order valence-corrected chi connectivity index (χ3v) is 3.07. The van der Waals surface area contributed by atoms with Crippen LogP contribution in [0.5, 0.6) is 0 Å². The Balaban J connectivity index is 2.52. The number of rotatable bonds is 2. The number of aryl methyl sites for hydroxylation is 1. The standard InChI is InChI=1S/C14H12ClNO2/c1-8-6-10(16)3-5-11(8)9-2-4-12(14(17)18)13(15)7-9/h2-7H,16H2,1H3,(H,17,18). The van der Waals surface area contributed by atoms with Gasteiger partial charge in [-0.05, 0) is 47.9 Å². The van der Waals surface area contributed by atoms with E-state index in [1.54, 1.807) is 18.2 Å². The van der Waals surface area contributed by atoms with Crippen LogP contribution in [0.25, 0.3) is 11.1 Å². The lowest BCUT2D eigenvalue weighted by molar-refractivity contribution is 0.0697. The average Bonchev–Trinajstić information content (AvgIpc) is 2.28. The zero-order valence-electron chi connectivity index (χ0n) is 9.77. The van der Waals surface area contributed by atoms with Gasteiger partial charge in [0.05, 0.1) is 10.6 Å². The van der Waals surface area contributed by atoms with Crippen LogP contribution in [0.1, 0.15) is 15.9 Å². The Kier molecular flexibility index (Phi) is 3.26. The van der Waals surface area contributed by atoms with Crippen LogP contribution in [0.2, 0.25) is 5.02 Å². The van der Waals surface area contributed by atoms with Gasteiger partial charge in [-0.1, -0.05) is 23.7 Å². The van der Waals surface area contributed by atoms with E-state index in [1.807, 2.05) is 19.1 Å². The first-order valence-electron chi connectivity index (χ1n) is 5.38. The summed E-state index contributed by atoms with van der Waals surface area (Å²) in [5.74, 6) is -1.03. The third kappa shape index (κ3) is 2.31. The zero-order valence-corrected chi connectivity index (χ0v) is 10.5. The first-order chi connectivity index (χ1) is 8.49. The summed E-state index contributed by atoms with van der Waals surface area (Å²) in [5.41, 5.74) is 9.39. The highest BCUT2D eigenvalue weighted by atomic mass is 35.5. The number of hydrogen-bond acceptors (Lipinski definition) is 2. The molecular formula is C14H12ClNO2. The molecule has 0 aliphatic carbocycles. The summed E-state index contributed by atoms with van der Waals surface area (Å²) in [6, 6.07) is 10.5. The smallest absolute Gasteiger partial charge is 0.337 e. The lowest BCUT2D eigenvalue weighted by Crippen LogP contribution is -1.97. The van der Waals surface area contributed by atoms with Crippen LogP contribution in [-0.2, 0) is 0 Å². The molecule has 0 atom stereocenters. The first-order valence-corrected chi connectivity index (χ1v) is 5.76. The molecule has 0 saturated heterocycles. The molecule has 2 rings (SSSR count). The monoisotopic (exact) mass is 261 g/mol. The van der Waals surface area contributed by atoms with Crippen molar-refractivity contribution in [2.45, 2.75) is 6.92 Å². The minimum atomic E-state index is -1.03. The molecule has 0 aliphatic rings. The molecule has 0 saturated carbocycles.